The highest BCUT2D eigenvalue weighted by Crippen LogP contribution is 2.24. The van der Waals surface area contributed by atoms with Crippen LogP contribution in [-0.2, 0) is 16.1 Å². The Bertz CT molecular complexity index is 487. The number of hydrogen-bond donors (Lipinski definition) is 1. The van der Waals surface area contributed by atoms with E-state index in [-0.39, 0.29) is 24.3 Å². The van der Waals surface area contributed by atoms with E-state index >= 15 is 0 Å². The molecule has 0 aromatic heterocycles. The molecule has 1 aromatic rings. The lowest BCUT2D eigenvalue weighted by Crippen LogP contribution is -2.30. The maximum absolute atomic E-state index is 11.8. The van der Waals surface area contributed by atoms with Gasteiger partial charge in [0, 0.05) is 22.5 Å². The first kappa shape index (κ1) is 12.1. The van der Waals surface area contributed by atoms with Crippen molar-refractivity contribution in [2.45, 2.75) is 19.9 Å². The van der Waals surface area contributed by atoms with E-state index in [2.05, 4.69) is 15.9 Å². The monoisotopic (exact) mass is 296 g/mol. The number of nitrogens with zero attached hydrogens (tertiary/aromatic N) is 1. The Morgan fingerprint density at radius 3 is 2.71 bits per heavy atom. The molecule has 1 aliphatic rings. The lowest BCUT2D eigenvalue weighted by atomic mass is 10.1. The van der Waals surface area contributed by atoms with Gasteiger partial charge in [-0.2, -0.15) is 0 Å². The molecular weight excluding hydrogens is 284 g/mol. The minimum absolute atomic E-state index is 0.114. The number of carbonyl (C=O) groups excluding carboxylic acids is 2. The van der Waals surface area contributed by atoms with Gasteiger partial charge in [0.1, 0.15) is 0 Å². The molecule has 0 saturated carbocycles. The zero-order valence-corrected chi connectivity index (χ0v) is 11.0. The molecule has 1 saturated heterocycles. The number of amides is 2. The van der Waals surface area contributed by atoms with Crippen LogP contribution >= 0.6 is 15.9 Å². The molecule has 4 nitrogen and oxygen atoms in total. The van der Waals surface area contributed by atoms with Gasteiger partial charge in [-0.1, -0.05) is 28.9 Å². The second kappa shape index (κ2) is 4.49. The van der Waals surface area contributed by atoms with E-state index in [1.807, 2.05) is 12.1 Å². The van der Waals surface area contributed by atoms with Crippen LogP contribution in [0.5, 0.6) is 0 Å². The van der Waals surface area contributed by atoms with Crippen LogP contribution in [-0.4, -0.2) is 16.7 Å². The van der Waals surface area contributed by atoms with E-state index in [0.29, 0.717) is 12.1 Å². The highest BCUT2D eigenvalue weighted by Gasteiger charge is 2.35. The number of likely N-dealkylation sites (tertiary alicyclic amines) is 1. The predicted octanol–water partition coefficient (Wildman–Crippen LogP) is 1.93. The summed E-state index contributed by atoms with van der Waals surface area (Å²) in [7, 11) is 0. The van der Waals surface area contributed by atoms with Gasteiger partial charge in [0.25, 0.3) is 0 Å². The van der Waals surface area contributed by atoms with Gasteiger partial charge in [-0.25, -0.2) is 0 Å². The summed E-state index contributed by atoms with van der Waals surface area (Å²) in [4.78, 5) is 24.7. The van der Waals surface area contributed by atoms with Crippen molar-refractivity contribution in [1.29, 1.82) is 0 Å². The predicted molar refractivity (Wildman–Crippen MR) is 67.9 cm³/mol. The maximum atomic E-state index is 11.8. The van der Waals surface area contributed by atoms with Gasteiger partial charge in [-0.05, 0) is 17.7 Å². The number of anilines is 1. The zero-order chi connectivity index (χ0) is 12.6. The average Bonchev–Trinajstić information content (AvgIpc) is 2.48. The third-order valence-corrected chi connectivity index (χ3v) is 3.40. The number of benzene rings is 1. The molecule has 90 valence electrons. The zero-order valence-electron chi connectivity index (χ0n) is 9.44. The highest BCUT2D eigenvalue weighted by atomic mass is 79.9. The Morgan fingerprint density at radius 2 is 2.18 bits per heavy atom. The molecule has 0 aliphatic carbocycles. The Balaban J connectivity index is 2.21. The number of imide groups is 1. The fraction of sp³-hybridized carbons (Fsp3) is 0.333. The first-order valence-corrected chi connectivity index (χ1v) is 6.16. The second-order valence-corrected chi connectivity index (χ2v) is 5.18. The number of hydrogen-bond acceptors (Lipinski definition) is 3. The molecule has 1 aromatic carbocycles. The van der Waals surface area contributed by atoms with Crippen LogP contribution < -0.4 is 5.73 Å². The van der Waals surface area contributed by atoms with E-state index in [0.717, 1.165) is 10.0 Å². The molecular formula is C12H13BrN2O2. The molecule has 1 fully saturated rings. The van der Waals surface area contributed by atoms with Crippen molar-refractivity contribution >= 4 is 33.4 Å². The average molecular weight is 297 g/mol. The number of halogens is 1. The first-order chi connectivity index (χ1) is 7.99. The molecule has 5 heteroatoms. The Hall–Kier alpha value is -1.36. The highest BCUT2D eigenvalue weighted by molar-refractivity contribution is 9.10. The Kier molecular flexibility index (Phi) is 3.19. The van der Waals surface area contributed by atoms with Crippen molar-refractivity contribution in [3.05, 3.63) is 28.2 Å². The topological polar surface area (TPSA) is 63.4 Å². The standard InChI is InChI=1S/C12H13BrN2O2/c1-7-4-11(16)15(12(7)17)6-8-2-3-9(13)5-10(8)14/h2-3,5,7H,4,6,14H2,1H3. The number of rotatable bonds is 2. The van der Waals surface area contributed by atoms with Gasteiger partial charge in [-0.3, -0.25) is 14.5 Å². The number of nitrogens with two attached hydrogens (primary N) is 1. The fourth-order valence-electron chi connectivity index (χ4n) is 1.89. The summed E-state index contributed by atoms with van der Waals surface area (Å²) in [6.45, 7) is 2.03. The van der Waals surface area contributed by atoms with Crippen LogP contribution in [0.2, 0.25) is 0 Å². The Morgan fingerprint density at radius 1 is 1.47 bits per heavy atom. The normalized spacial score (nSPS) is 20.1. The van der Waals surface area contributed by atoms with Gasteiger partial charge in [-0.15, -0.1) is 0 Å². The van der Waals surface area contributed by atoms with Gasteiger partial charge in [0.2, 0.25) is 11.8 Å². The van der Waals surface area contributed by atoms with Crippen LogP contribution in [0, 0.1) is 5.92 Å². The van der Waals surface area contributed by atoms with Crippen molar-refractivity contribution < 1.29 is 9.59 Å². The van der Waals surface area contributed by atoms with Crippen molar-refractivity contribution in [2.75, 3.05) is 5.73 Å². The Labute approximate surface area is 108 Å². The van der Waals surface area contributed by atoms with Crippen LogP contribution in [0.3, 0.4) is 0 Å². The molecule has 1 aliphatic heterocycles. The fourth-order valence-corrected chi connectivity index (χ4v) is 2.27. The number of carbonyl (C=O) groups is 2. The summed E-state index contributed by atoms with van der Waals surface area (Å²) in [5, 5.41) is 0. The molecule has 0 radical (unpaired) electrons. The summed E-state index contributed by atoms with van der Waals surface area (Å²) in [5.41, 5.74) is 7.22. The van der Waals surface area contributed by atoms with E-state index in [1.165, 1.54) is 4.90 Å². The molecule has 1 atom stereocenters. The molecule has 17 heavy (non-hydrogen) atoms. The van der Waals surface area contributed by atoms with Crippen molar-refractivity contribution in [3.63, 3.8) is 0 Å². The van der Waals surface area contributed by atoms with Gasteiger partial charge in [0.05, 0.1) is 6.54 Å². The second-order valence-electron chi connectivity index (χ2n) is 4.27. The van der Waals surface area contributed by atoms with Gasteiger partial charge in [0.15, 0.2) is 0 Å². The quantitative estimate of drug-likeness (QED) is 0.670. The molecule has 2 N–H and O–H groups in total. The smallest absolute Gasteiger partial charge is 0.232 e. The molecule has 0 spiro atoms. The van der Waals surface area contributed by atoms with Crippen LogP contribution in [0.25, 0.3) is 0 Å². The molecule has 1 unspecified atom stereocenters. The summed E-state index contributed by atoms with van der Waals surface area (Å²) in [6, 6.07) is 5.44. The maximum Gasteiger partial charge on any atom is 0.232 e. The summed E-state index contributed by atoms with van der Waals surface area (Å²) in [5.74, 6) is -0.443. The van der Waals surface area contributed by atoms with Gasteiger partial charge < -0.3 is 5.73 Å². The van der Waals surface area contributed by atoms with Crippen LogP contribution in [0.4, 0.5) is 5.69 Å². The lowest BCUT2D eigenvalue weighted by molar-refractivity contribution is -0.139. The van der Waals surface area contributed by atoms with Crippen LogP contribution in [0.1, 0.15) is 18.9 Å². The van der Waals surface area contributed by atoms with Crippen molar-refractivity contribution in [3.8, 4) is 0 Å². The molecule has 2 amide bonds. The van der Waals surface area contributed by atoms with E-state index in [9.17, 15) is 9.59 Å². The lowest BCUT2D eigenvalue weighted by Gasteiger charge is -2.15. The summed E-state index contributed by atoms with van der Waals surface area (Å²) < 4.78 is 0.881. The van der Waals surface area contributed by atoms with Crippen molar-refractivity contribution in [2.24, 2.45) is 5.92 Å². The third kappa shape index (κ3) is 2.34. The van der Waals surface area contributed by atoms with Crippen molar-refractivity contribution in [1.82, 2.24) is 4.90 Å². The molecule has 2 rings (SSSR count). The third-order valence-electron chi connectivity index (χ3n) is 2.91. The minimum Gasteiger partial charge on any atom is -0.398 e. The minimum atomic E-state index is -0.209. The van der Waals surface area contributed by atoms with Crippen LogP contribution in [0.15, 0.2) is 22.7 Å². The largest absolute Gasteiger partial charge is 0.398 e. The number of nitrogen functional groups attached to an aromatic ring is 1. The SMILES string of the molecule is CC1CC(=O)N(Cc2ccc(Br)cc2N)C1=O. The first-order valence-electron chi connectivity index (χ1n) is 5.37. The summed E-state index contributed by atoms with van der Waals surface area (Å²) in [6.07, 6.45) is 0.301. The van der Waals surface area contributed by atoms with Gasteiger partial charge >= 0.3 is 0 Å². The van der Waals surface area contributed by atoms with E-state index in [4.69, 9.17) is 5.73 Å². The van der Waals surface area contributed by atoms with E-state index < -0.39 is 0 Å². The van der Waals surface area contributed by atoms with E-state index in [1.54, 1.807) is 13.0 Å². The molecule has 0 bridgehead atoms. The molecule has 1 heterocycles. The summed E-state index contributed by atoms with van der Waals surface area (Å²) >= 11 is 3.31.